The number of aromatic nitrogens is 4. The lowest BCUT2D eigenvalue weighted by molar-refractivity contribution is -0.128. The molecule has 3 heterocycles. The van der Waals surface area contributed by atoms with Crippen LogP contribution in [0.3, 0.4) is 0 Å². The number of pyridine rings is 2. The van der Waals surface area contributed by atoms with Crippen molar-refractivity contribution in [2.45, 2.75) is 83.1 Å². The summed E-state index contributed by atoms with van der Waals surface area (Å²) in [6.45, 7) is 2.10. The Bertz CT molecular complexity index is 2290. The lowest BCUT2D eigenvalue weighted by Crippen LogP contribution is -2.53. The zero-order valence-corrected chi connectivity index (χ0v) is 32.3. The van der Waals surface area contributed by atoms with Gasteiger partial charge in [0.1, 0.15) is 0 Å². The number of hydrogen-bond donors (Lipinski definition) is 3. The first-order chi connectivity index (χ1) is 27.5. The second kappa shape index (κ2) is 20.0. The quantitative estimate of drug-likeness (QED) is 0.0574. The Morgan fingerprint density at radius 3 is 2.11 bits per heavy atom. The molecule has 2 amide bonds. The molecular formula is C47H52N6O3. The third-order valence-corrected chi connectivity index (χ3v) is 10.1. The first-order valence-electron chi connectivity index (χ1n) is 19.9. The molecule has 0 unspecified atom stereocenters. The van der Waals surface area contributed by atoms with Gasteiger partial charge in [-0.1, -0.05) is 122 Å². The summed E-state index contributed by atoms with van der Waals surface area (Å²) in [5, 5.41) is 13.6. The molecule has 6 rings (SSSR count). The molecule has 0 saturated heterocycles. The molecule has 0 aliphatic heterocycles. The Morgan fingerprint density at radius 2 is 1.46 bits per heavy atom. The average molecular weight is 749 g/mol. The smallest absolute Gasteiger partial charge is 0.347 e. The van der Waals surface area contributed by atoms with Crippen LogP contribution in [0.25, 0.3) is 38.9 Å². The highest BCUT2D eigenvalue weighted by molar-refractivity contribution is 5.98. The van der Waals surface area contributed by atoms with Crippen molar-refractivity contribution >= 4 is 28.4 Å². The summed E-state index contributed by atoms with van der Waals surface area (Å²) in [6.07, 6.45) is 32.9. The number of rotatable bonds is 19. The van der Waals surface area contributed by atoms with Gasteiger partial charge in [-0.15, -0.1) is 0 Å². The van der Waals surface area contributed by atoms with E-state index in [1.807, 2.05) is 42.5 Å². The summed E-state index contributed by atoms with van der Waals surface area (Å²) in [6, 6.07) is 22.2. The second-order valence-electron chi connectivity index (χ2n) is 14.2. The monoisotopic (exact) mass is 748 g/mol. The fraction of sp³-hybridized carbons (Fsp3) is 0.298. The van der Waals surface area contributed by atoms with E-state index in [1.54, 1.807) is 6.20 Å². The summed E-state index contributed by atoms with van der Waals surface area (Å²) in [4.78, 5) is 42.9. The molecule has 1 saturated carbocycles. The van der Waals surface area contributed by atoms with Crippen LogP contribution in [0.15, 0.2) is 138 Å². The molecule has 1 aliphatic rings. The number of nitrogens with zero attached hydrogens (tertiary/aromatic N) is 3. The van der Waals surface area contributed by atoms with Crippen molar-refractivity contribution < 1.29 is 9.59 Å². The Hall–Kier alpha value is -6.09. The normalized spacial score (nSPS) is 14.2. The van der Waals surface area contributed by atoms with E-state index in [-0.39, 0.29) is 24.0 Å². The fourth-order valence-electron chi connectivity index (χ4n) is 6.96. The first-order valence-corrected chi connectivity index (χ1v) is 19.9. The number of unbranched alkanes of at least 4 members (excludes halogenated alkanes) is 1. The number of carbonyl (C=O) groups excluding carboxylic acids is 2. The maximum atomic E-state index is 13.1. The summed E-state index contributed by atoms with van der Waals surface area (Å²) < 4.78 is 1.49. The molecule has 0 spiro atoms. The largest absolute Gasteiger partial charge is 0.347 e. The average Bonchev–Trinajstić information content (AvgIpc) is 3.60. The van der Waals surface area contributed by atoms with E-state index < -0.39 is 5.54 Å². The number of hydrogen-bond acceptors (Lipinski definition) is 5. The van der Waals surface area contributed by atoms with Crippen LogP contribution >= 0.6 is 0 Å². The van der Waals surface area contributed by atoms with Crippen molar-refractivity contribution in [2.75, 3.05) is 6.54 Å². The van der Waals surface area contributed by atoms with Gasteiger partial charge in [-0.2, -0.15) is 5.10 Å². The Morgan fingerprint density at radius 1 is 0.804 bits per heavy atom. The van der Waals surface area contributed by atoms with Gasteiger partial charge in [0.25, 0.3) is 0 Å². The van der Waals surface area contributed by atoms with E-state index in [1.165, 1.54) is 4.40 Å². The second-order valence-corrected chi connectivity index (χ2v) is 14.2. The van der Waals surface area contributed by atoms with Crippen LogP contribution in [-0.2, 0) is 15.1 Å². The zero-order valence-electron chi connectivity index (χ0n) is 32.3. The van der Waals surface area contributed by atoms with Gasteiger partial charge < -0.3 is 10.6 Å². The van der Waals surface area contributed by atoms with Crippen LogP contribution in [0.2, 0.25) is 0 Å². The number of nitrogens with one attached hydrogen (secondary N) is 3. The molecular weight excluding hydrogens is 697 g/mol. The third kappa shape index (κ3) is 10.4. The van der Waals surface area contributed by atoms with E-state index >= 15 is 0 Å². The Balaban J connectivity index is 0.968. The molecule has 288 valence electrons. The molecule has 3 N–H and O–H groups in total. The maximum absolute atomic E-state index is 13.1. The topological polar surface area (TPSA) is 121 Å². The SMILES string of the molecule is CC/C=C\C/C=C\C/C=C\C/C=C\C/C=C\CCCC(=O)NCC(=O)NC1(c2ccc(-c3nc4ccn5c(=O)[nH]nc5c4cc3-c3ccccc3)cc2)CCC1. The van der Waals surface area contributed by atoms with Crippen LogP contribution in [0.5, 0.6) is 0 Å². The highest BCUT2D eigenvalue weighted by atomic mass is 16.2. The van der Waals surface area contributed by atoms with Crippen molar-refractivity contribution in [3.8, 4) is 22.4 Å². The van der Waals surface area contributed by atoms with E-state index in [2.05, 4.69) is 113 Å². The minimum atomic E-state index is -0.462. The third-order valence-electron chi connectivity index (χ3n) is 10.1. The molecule has 1 fully saturated rings. The molecule has 0 bridgehead atoms. The van der Waals surface area contributed by atoms with Crippen LogP contribution in [0.1, 0.15) is 83.1 Å². The number of fused-ring (bicyclic) bond motifs is 3. The summed E-state index contributed by atoms with van der Waals surface area (Å²) >= 11 is 0. The van der Waals surface area contributed by atoms with E-state index in [4.69, 9.17) is 4.98 Å². The first kappa shape index (κ1) is 39.6. The van der Waals surface area contributed by atoms with Crippen LogP contribution in [0, 0.1) is 0 Å². The lowest BCUT2D eigenvalue weighted by Gasteiger charge is -2.43. The molecule has 1 aliphatic carbocycles. The molecule has 9 nitrogen and oxygen atoms in total. The van der Waals surface area contributed by atoms with Gasteiger partial charge in [-0.25, -0.2) is 19.3 Å². The number of H-pyrrole nitrogens is 1. The number of amides is 2. The number of aromatic amines is 1. The molecule has 3 aromatic heterocycles. The van der Waals surface area contributed by atoms with Crippen molar-refractivity contribution in [1.82, 2.24) is 30.2 Å². The van der Waals surface area contributed by atoms with Gasteiger partial charge in [-0.3, -0.25) is 9.59 Å². The number of allylic oxidation sites excluding steroid dienone is 10. The highest BCUT2D eigenvalue weighted by Gasteiger charge is 2.40. The predicted octanol–water partition coefficient (Wildman–Crippen LogP) is 9.44. The molecule has 0 atom stereocenters. The lowest BCUT2D eigenvalue weighted by atomic mass is 9.71. The molecule has 9 heteroatoms. The van der Waals surface area contributed by atoms with Crippen LogP contribution in [0.4, 0.5) is 0 Å². The van der Waals surface area contributed by atoms with Crippen molar-refractivity contribution in [3.63, 3.8) is 0 Å². The number of carbonyl (C=O) groups is 2. The predicted molar refractivity (Wildman–Crippen MR) is 227 cm³/mol. The minimum absolute atomic E-state index is 0.0445. The number of benzene rings is 2. The van der Waals surface area contributed by atoms with Gasteiger partial charge in [0.15, 0.2) is 5.65 Å². The fourth-order valence-corrected chi connectivity index (χ4v) is 6.96. The minimum Gasteiger partial charge on any atom is -0.347 e. The summed E-state index contributed by atoms with van der Waals surface area (Å²) in [5.74, 6) is -0.303. The molecule has 2 aromatic carbocycles. The van der Waals surface area contributed by atoms with Gasteiger partial charge in [-0.05, 0) is 87.5 Å². The van der Waals surface area contributed by atoms with Crippen molar-refractivity contribution in [3.05, 3.63) is 150 Å². The van der Waals surface area contributed by atoms with E-state index in [0.29, 0.717) is 12.1 Å². The van der Waals surface area contributed by atoms with Gasteiger partial charge in [0.2, 0.25) is 11.8 Å². The van der Waals surface area contributed by atoms with Crippen LogP contribution < -0.4 is 16.3 Å². The van der Waals surface area contributed by atoms with Gasteiger partial charge >= 0.3 is 5.69 Å². The van der Waals surface area contributed by atoms with Crippen molar-refractivity contribution in [1.29, 1.82) is 0 Å². The molecule has 0 radical (unpaired) electrons. The van der Waals surface area contributed by atoms with E-state index in [9.17, 15) is 14.4 Å². The highest BCUT2D eigenvalue weighted by Crippen LogP contribution is 2.42. The Labute approximate surface area is 329 Å². The zero-order chi connectivity index (χ0) is 39.0. The standard InChI is InChI=1S/C47H52N6O3/c1-2-3-4-5-6-7-8-9-10-11-12-13-14-15-16-17-21-25-42(54)48-35-43(55)50-47(31-22-32-47)38-28-26-37(27-29-38)44-39(36-23-19-18-20-24-36)34-40-41(49-44)30-33-53-45(40)51-52-46(53)56/h3-4,6-7,9-10,12-13,15-16,18-20,23-24,26-30,33-34H,2,5,8,11,14,17,21-22,25,31-32,35H2,1H3,(H,48,54)(H,50,55)(H,52,56)/b4-3-,7-6-,10-9-,13-12-,16-15-. The van der Waals surface area contributed by atoms with Gasteiger partial charge in [0, 0.05) is 29.1 Å². The van der Waals surface area contributed by atoms with E-state index in [0.717, 1.165) is 103 Å². The maximum Gasteiger partial charge on any atom is 0.347 e. The molecule has 5 aromatic rings. The molecule has 56 heavy (non-hydrogen) atoms. The Kier molecular flexibility index (Phi) is 14.1. The van der Waals surface area contributed by atoms with Gasteiger partial charge in [0.05, 0.1) is 23.3 Å². The van der Waals surface area contributed by atoms with Crippen LogP contribution in [-0.4, -0.2) is 37.9 Å². The summed E-state index contributed by atoms with van der Waals surface area (Å²) in [5.41, 5.74) is 5.21. The summed E-state index contributed by atoms with van der Waals surface area (Å²) in [7, 11) is 0. The van der Waals surface area contributed by atoms with Crippen molar-refractivity contribution in [2.24, 2.45) is 0 Å².